The maximum absolute atomic E-state index is 5.45. The molecule has 5 heteroatoms. The Labute approximate surface area is 136 Å². The predicted molar refractivity (Wildman–Crippen MR) is 89.8 cm³/mol. The van der Waals surface area contributed by atoms with Gasteiger partial charge >= 0.3 is 0 Å². The smallest absolute Gasteiger partial charge is 0.151 e. The van der Waals surface area contributed by atoms with Gasteiger partial charge in [-0.25, -0.2) is 4.98 Å². The second-order valence-electron chi connectivity index (χ2n) is 5.84. The van der Waals surface area contributed by atoms with Gasteiger partial charge in [0.15, 0.2) is 5.76 Å². The van der Waals surface area contributed by atoms with E-state index in [2.05, 4.69) is 26.7 Å². The molecular weight excluding hydrogens is 288 g/mol. The average molecular weight is 310 g/mol. The molecule has 120 valence electrons. The van der Waals surface area contributed by atoms with E-state index in [1.165, 1.54) is 0 Å². The molecule has 0 atom stereocenters. The second kappa shape index (κ2) is 7.24. The molecule has 5 nitrogen and oxygen atoms in total. The number of nitrogens with zero attached hydrogens (tertiary/aromatic N) is 4. The predicted octanol–water partition coefficient (Wildman–Crippen LogP) is 3.14. The molecule has 0 unspecified atom stereocenters. The number of imidazole rings is 1. The van der Waals surface area contributed by atoms with Crippen molar-refractivity contribution in [2.24, 2.45) is 7.05 Å². The summed E-state index contributed by atoms with van der Waals surface area (Å²) in [6.07, 6.45) is 5.89. The normalized spacial score (nSPS) is 11.3. The van der Waals surface area contributed by atoms with E-state index in [-0.39, 0.29) is 0 Å². The van der Waals surface area contributed by atoms with Crippen LogP contribution in [0, 0.1) is 0 Å². The SMILES string of the molecule is CN(CCCc1nccn1C)Cc1cc(-c2ccccc2)no1. The van der Waals surface area contributed by atoms with E-state index in [4.69, 9.17) is 4.52 Å². The minimum atomic E-state index is 0.764. The van der Waals surface area contributed by atoms with E-state index in [0.29, 0.717) is 0 Å². The van der Waals surface area contributed by atoms with Gasteiger partial charge in [-0.2, -0.15) is 0 Å². The fourth-order valence-corrected chi connectivity index (χ4v) is 2.62. The van der Waals surface area contributed by atoms with Crippen molar-refractivity contribution >= 4 is 0 Å². The Hall–Kier alpha value is -2.40. The number of hydrogen-bond donors (Lipinski definition) is 0. The van der Waals surface area contributed by atoms with Crippen LogP contribution in [-0.4, -0.2) is 33.2 Å². The van der Waals surface area contributed by atoms with Crippen LogP contribution in [0.25, 0.3) is 11.3 Å². The fourth-order valence-electron chi connectivity index (χ4n) is 2.62. The van der Waals surface area contributed by atoms with Crippen molar-refractivity contribution in [3.63, 3.8) is 0 Å². The van der Waals surface area contributed by atoms with Crippen molar-refractivity contribution in [2.45, 2.75) is 19.4 Å². The van der Waals surface area contributed by atoms with Crippen molar-refractivity contribution in [1.29, 1.82) is 0 Å². The van der Waals surface area contributed by atoms with Crippen LogP contribution in [0.3, 0.4) is 0 Å². The highest BCUT2D eigenvalue weighted by atomic mass is 16.5. The average Bonchev–Trinajstić information content (AvgIpc) is 3.18. The van der Waals surface area contributed by atoms with E-state index in [9.17, 15) is 0 Å². The number of aromatic nitrogens is 3. The fraction of sp³-hybridized carbons (Fsp3) is 0.333. The van der Waals surface area contributed by atoms with Gasteiger partial charge in [0.05, 0.1) is 6.54 Å². The van der Waals surface area contributed by atoms with Gasteiger partial charge in [-0.3, -0.25) is 4.90 Å². The lowest BCUT2D eigenvalue weighted by atomic mass is 10.1. The van der Waals surface area contributed by atoms with Crippen LogP contribution in [0.2, 0.25) is 0 Å². The summed E-state index contributed by atoms with van der Waals surface area (Å²) >= 11 is 0. The van der Waals surface area contributed by atoms with E-state index < -0.39 is 0 Å². The third-order valence-electron chi connectivity index (χ3n) is 3.92. The molecule has 0 aliphatic carbocycles. The molecule has 0 amide bonds. The molecule has 0 spiro atoms. The summed E-state index contributed by atoms with van der Waals surface area (Å²) in [5, 5.41) is 4.16. The summed E-state index contributed by atoms with van der Waals surface area (Å²) < 4.78 is 7.52. The Balaban J connectivity index is 1.49. The molecule has 0 N–H and O–H groups in total. The summed E-state index contributed by atoms with van der Waals surface area (Å²) in [6.45, 7) is 1.76. The Morgan fingerprint density at radius 3 is 2.78 bits per heavy atom. The van der Waals surface area contributed by atoms with Gasteiger partial charge in [-0.1, -0.05) is 35.5 Å². The minimum absolute atomic E-state index is 0.764. The summed E-state index contributed by atoms with van der Waals surface area (Å²) in [6, 6.07) is 12.1. The van der Waals surface area contributed by atoms with Crippen LogP contribution in [-0.2, 0) is 20.0 Å². The van der Waals surface area contributed by atoms with Crippen LogP contribution in [0.4, 0.5) is 0 Å². The van der Waals surface area contributed by atoms with Gasteiger partial charge in [0.2, 0.25) is 0 Å². The molecule has 1 aromatic carbocycles. The van der Waals surface area contributed by atoms with E-state index in [1.807, 2.05) is 55.8 Å². The Morgan fingerprint density at radius 1 is 1.22 bits per heavy atom. The van der Waals surface area contributed by atoms with Crippen LogP contribution >= 0.6 is 0 Å². The third-order valence-corrected chi connectivity index (χ3v) is 3.92. The molecule has 23 heavy (non-hydrogen) atoms. The summed E-state index contributed by atoms with van der Waals surface area (Å²) in [5.41, 5.74) is 1.97. The monoisotopic (exact) mass is 310 g/mol. The van der Waals surface area contributed by atoms with Crippen molar-refractivity contribution < 1.29 is 4.52 Å². The minimum Gasteiger partial charge on any atom is -0.359 e. The molecule has 0 radical (unpaired) electrons. The first kappa shape index (κ1) is 15.5. The van der Waals surface area contributed by atoms with Gasteiger partial charge in [0.1, 0.15) is 11.5 Å². The van der Waals surface area contributed by atoms with Gasteiger partial charge in [0, 0.05) is 37.5 Å². The van der Waals surface area contributed by atoms with Crippen molar-refractivity contribution in [3.05, 3.63) is 60.4 Å². The summed E-state index contributed by atoms with van der Waals surface area (Å²) in [7, 11) is 4.13. The van der Waals surface area contributed by atoms with Crippen molar-refractivity contribution in [2.75, 3.05) is 13.6 Å². The van der Waals surface area contributed by atoms with Crippen LogP contribution in [0.1, 0.15) is 18.0 Å². The molecule has 0 bridgehead atoms. The Kier molecular flexibility index (Phi) is 4.88. The molecule has 0 saturated heterocycles. The topological polar surface area (TPSA) is 47.1 Å². The Morgan fingerprint density at radius 2 is 2.04 bits per heavy atom. The molecule has 0 aliphatic rings. The maximum atomic E-state index is 5.45. The quantitative estimate of drug-likeness (QED) is 0.672. The first-order valence-corrected chi connectivity index (χ1v) is 7.88. The highest BCUT2D eigenvalue weighted by Gasteiger charge is 2.09. The lowest BCUT2D eigenvalue weighted by Gasteiger charge is -2.14. The van der Waals surface area contributed by atoms with E-state index >= 15 is 0 Å². The zero-order chi connectivity index (χ0) is 16.1. The lowest BCUT2D eigenvalue weighted by Crippen LogP contribution is -2.19. The maximum Gasteiger partial charge on any atom is 0.151 e. The van der Waals surface area contributed by atoms with E-state index in [0.717, 1.165) is 48.8 Å². The first-order chi connectivity index (χ1) is 11.2. The first-order valence-electron chi connectivity index (χ1n) is 7.88. The summed E-state index contributed by atoms with van der Waals surface area (Å²) in [4.78, 5) is 6.60. The van der Waals surface area contributed by atoms with Crippen LogP contribution in [0.15, 0.2) is 53.3 Å². The van der Waals surface area contributed by atoms with Crippen LogP contribution < -0.4 is 0 Å². The zero-order valence-corrected chi connectivity index (χ0v) is 13.6. The Bertz CT molecular complexity index is 732. The standard InChI is InChI=1S/C18H22N4O/c1-21(11-6-9-18-19-10-12-22(18)2)14-16-13-17(20-23-16)15-7-4-3-5-8-15/h3-5,7-8,10,12-13H,6,9,11,14H2,1-2H3. The molecule has 2 aromatic heterocycles. The number of hydrogen-bond acceptors (Lipinski definition) is 4. The molecular formula is C18H22N4O. The van der Waals surface area contributed by atoms with E-state index in [1.54, 1.807) is 0 Å². The highest BCUT2D eigenvalue weighted by molar-refractivity contribution is 5.58. The van der Waals surface area contributed by atoms with Crippen molar-refractivity contribution in [3.8, 4) is 11.3 Å². The number of rotatable bonds is 7. The number of benzene rings is 1. The van der Waals surface area contributed by atoms with Gasteiger partial charge in [-0.15, -0.1) is 0 Å². The lowest BCUT2D eigenvalue weighted by molar-refractivity contribution is 0.270. The molecule has 2 heterocycles. The van der Waals surface area contributed by atoms with Crippen LogP contribution in [0.5, 0.6) is 0 Å². The highest BCUT2D eigenvalue weighted by Crippen LogP contribution is 2.19. The van der Waals surface area contributed by atoms with Gasteiger partial charge < -0.3 is 9.09 Å². The molecule has 0 saturated carbocycles. The zero-order valence-electron chi connectivity index (χ0n) is 13.6. The molecule has 0 aliphatic heterocycles. The number of aryl methyl sites for hydroxylation is 2. The van der Waals surface area contributed by atoms with Crippen molar-refractivity contribution in [1.82, 2.24) is 19.6 Å². The van der Waals surface area contributed by atoms with Gasteiger partial charge in [-0.05, 0) is 20.0 Å². The van der Waals surface area contributed by atoms with Gasteiger partial charge in [0.25, 0.3) is 0 Å². The third kappa shape index (κ3) is 4.07. The largest absolute Gasteiger partial charge is 0.359 e. The molecule has 3 aromatic rings. The molecule has 0 fully saturated rings. The second-order valence-corrected chi connectivity index (χ2v) is 5.84. The summed E-state index contributed by atoms with van der Waals surface area (Å²) in [5.74, 6) is 2.02. The molecule has 3 rings (SSSR count).